The molecule has 1 aliphatic carbocycles. The maximum absolute atomic E-state index is 12.2. The first-order chi connectivity index (χ1) is 8.10. The van der Waals surface area contributed by atoms with E-state index in [0.717, 1.165) is 31.8 Å². The first kappa shape index (κ1) is 12.9. The Labute approximate surface area is 105 Å². The summed E-state index contributed by atoms with van der Waals surface area (Å²) in [5.74, 6) is 1.76. The molecule has 2 N–H and O–H groups in total. The molecule has 2 rings (SSSR count). The number of carbonyl (C=O) groups excluding carboxylic acids is 1. The van der Waals surface area contributed by atoms with E-state index < -0.39 is 0 Å². The summed E-state index contributed by atoms with van der Waals surface area (Å²) in [6, 6.07) is 0. The summed E-state index contributed by atoms with van der Waals surface area (Å²) in [7, 11) is 0. The molecule has 1 heterocycles. The van der Waals surface area contributed by atoms with Gasteiger partial charge in [0.2, 0.25) is 5.91 Å². The molecule has 0 aromatic heterocycles. The molecule has 0 spiro atoms. The van der Waals surface area contributed by atoms with Crippen LogP contribution >= 0.6 is 0 Å². The van der Waals surface area contributed by atoms with Gasteiger partial charge in [0.1, 0.15) is 0 Å². The van der Waals surface area contributed by atoms with Crippen LogP contribution in [0.25, 0.3) is 0 Å². The molecule has 1 saturated carbocycles. The van der Waals surface area contributed by atoms with E-state index in [1.54, 1.807) is 0 Å². The lowest BCUT2D eigenvalue weighted by Gasteiger charge is -2.33. The largest absolute Gasteiger partial charge is 0.354 e. The standard InChI is InChI=1S/C14H26N2O/c1-11-5-6-12(9-11)10-15-13(17)14(2)7-3-4-8-16-14/h11-12,16H,3-10H2,1-2H3,(H,15,17). The van der Waals surface area contributed by atoms with Gasteiger partial charge in [-0.3, -0.25) is 4.79 Å². The highest BCUT2D eigenvalue weighted by Crippen LogP contribution is 2.29. The van der Waals surface area contributed by atoms with Crippen LogP contribution in [0.1, 0.15) is 52.4 Å². The van der Waals surface area contributed by atoms with E-state index in [0.29, 0.717) is 5.92 Å². The van der Waals surface area contributed by atoms with Crippen molar-refractivity contribution in [3.05, 3.63) is 0 Å². The minimum atomic E-state index is -0.317. The van der Waals surface area contributed by atoms with E-state index in [2.05, 4.69) is 17.6 Å². The van der Waals surface area contributed by atoms with Crippen LogP contribution in [-0.2, 0) is 4.79 Å². The molecule has 3 heteroatoms. The van der Waals surface area contributed by atoms with Crippen molar-refractivity contribution in [2.75, 3.05) is 13.1 Å². The highest BCUT2D eigenvalue weighted by Gasteiger charge is 2.34. The van der Waals surface area contributed by atoms with Crippen molar-refractivity contribution in [3.8, 4) is 0 Å². The third kappa shape index (κ3) is 3.21. The van der Waals surface area contributed by atoms with Gasteiger partial charge in [0.15, 0.2) is 0 Å². The molecule has 0 aromatic carbocycles. The molecule has 98 valence electrons. The van der Waals surface area contributed by atoms with Crippen LogP contribution in [0.15, 0.2) is 0 Å². The predicted octanol–water partition coefficient (Wildman–Crippen LogP) is 2.07. The molecular weight excluding hydrogens is 212 g/mol. The van der Waals surface area contributed by atoms with Gasteiger partial charge in [0.25, 0.3) is 0 Å². The molecule has 17 heavy (non-hydrogen) atoms. The molecule has 2 fully saturated rings. The second-order valence-electron chi connectivity index (χ2n) is 6.21. The van der Waals surface area contributed by atoms with Gasteiger partial charge in [-0.2, -0.15) is 0 Å². The lowest BCUT2D eigenvalue weighted by Crippen LogP contribution is -2.57. The minimum Gasteiger partial charge on any atom is -0.354 e. The second kappa shape index (κ2) is 5.38. The van der Waals surface area contributed by atoms with Crippen LogP contribution in [0.4, 0.5) is 0 Å². The average Bonchev–Trinajstić information content (AvgIpc) is 2.73. The SMILES string of the molecule is CC1CCC(CNC(=O)C2(C)CCCCN2)C1. The van der Waals surface area contributed by atoms with Gasteiger partial charge in [0.05, 0.1) is 5.54 Å². The first-order valence-corrected chi connectivity index (χ1v) is 7.13. The molecule has 3 unspecified atom stereocenters. The number of amides is 1. The summed E-state index contributed by atoms with van der Waals surface area (Å²) in [5, 5.41) is 6.52. The lowest BCUT2D eigenvalue weighted by molar-refractivity contribution is -0.128. The fraction of sp³-hybridized carbons (Fsp3) is 0.929. The number of hydrogen-bond donors (Lipinski definition) is 2. The molecule has 1 saturated heterocycles. The van der Waals surface area contributed by atoms with Crippen LogP contribution in [0.3, 0.4) is 0 Å². The van der Waals surface area contributed by atoms with Crippen LogP contribution in [0, 0.1) is 11.8 Å². The van der Waals surface area contributed by atoms with Crippen molar-refractivity contribution < 1.29 is 4.79 Å². The van der Waals surface area contributed by atoms with E-state index >= 15 is 0 Å². The zero-order valence-corrected chi connectivity index (χ0v) is 11.2. The number of carbonyl (C=O) groups is 1. The van der Waals surface area contributed by atoms with Crippen molar-refractivity contribution in [2.45, 2.75) is 57.9 Å². The van der Waals surface area contributed by atoms with Crippen molar-refractivity contribution in [3.63, 3.8) is 0 Å². The summed E-state index contributed by atoms with van der Waals surface area (Å²) in [4.78, 5) is 12.2. The third-order valence-corrected chi connectivity index (χ3v) is 4.47. The first-order valence-electron chi connectivity index (χ1n) is 7.13. The smallest absolute Gasteiger partial charge is 0.240 e. The summed E-state index contributed by atoms with van der Waals surface area (Å²) >= 11 is 0. The Balaban J connectivity index is 1.76. The minimum absolute atomic E-state index is 0.205. The molecule has 1 amide bonds. The van der Waals surface area contributed by atoms with Crippen molar-refractivity contribution >= 4 is 5.91 Å². The van der Waals surface area contributed by atoms with E-state index in [4.69, 9.17) is 0 Å². The second-order valence-corrected chi connectivity index (χ2v) is 6.21. The summed E-state index contributed by atoms with van der Waals surface area (Å²) in [5.41, 5.74) is -0.317. The van der Waals surface area contributed by atoms with Gasteiger partial charge in [-0.05, 0) is 57.4 Å². The Kier molecular flexibility index (Phi) is 4.08. The number of nitrogens with one attached hydrogen (secondary N) is 2. The van der Waals surface area contributed by atoms with Gasteiger partial charge in [-0.1, -0.05) is 13.3 Å². The van der Waals surface area contributed by atoms with Gasteiger partial charge >= 0.3 is 0 Å². The van der Waals surface area contributed by atoms with Gasteiger partial charge < -0.3 is 10.6 Å². The average molecular weight is 238 g/mol. The molecule has 0 bridgehead atoms. The third-order valence-electron chi connectivity index (χ3n) is 4.47. The number of piperidine rings is 1. The molecule has 0 aromatic rings. The van der Waals surface area contributed by atoms with Crippen LogP contribution < -0.4 is 10.6 Å². The Morgan fingerprint density at radius 2 is 2.24 bits per heavy atom. The van der Waals surface area contributed by atoms with Gasteiger partial charge in [-0.25, -0.2) is 0 Å². The quantitative estimate of drug-likeness (QED) is 0.790. The molecule has 0 radical (unpaired) electrons. The van der Waals surface area contributed by atoms with Crippen LogP contribution in [0.2, 0.25) is 0 Å². The summed E-state index contributed by atoms with van der Waals surface area (Å²) in [6.45, 7) is 6.20. The Morgan fingerprint density at radius 3 is 2.82 bits per heavy atom. The zero-order valence-electron chi connectivity index (χ0n) is 11.2. The zero-order chi connectivity index (χ0) is 12.3. The highest BCUT2D eigenvalue weighted by atomic mass is 16.2. The molecule has 3 atom stereocenters. The molecular formula is C14H26N2O. The lowest BCUT2D eigenvalue weighted by atomic mass is 9.90. The van der Waals surface area contributed by atoms with Crippen molar-refractivity contribution in [1.82, 2.24) is 10.6 Å². The monoisotopic (exact) mass is 238 g/mol. The molecule has 3 nitrogen and oxygen atoms in total. The molecule has 1 aliphatic heterocycles. The van der Waals surface area contributed by atoms with Crippen molar-refractivity contribution in [1.29, 1.82) is 0 Å². The van der Waals surface area contributed by atoms with E-state index in [-0.39, 0.29) is 11.4 Å². The summed E-state index contributed by atoms with van der Waals surface area (Å²) in [6.07, 6.45) is 7.23. The Morgan fingerprint density at radius 1 is 1.41 bits per heavy atom. The topological polar surface area (TPSA) is 41.1 Å². The van der Waals surface area contributed by atoms with E-state index in [1.165, 1.54) is 25.7 Å². The Bertz CT molecular complexity index is 271. The van der Waals surface area contributed by atoms with Crippen LogP contribution in [-0.4, -0.2) is 24.5 Å². The maximum Gasteiger partial charge on any atom is 0.240 e. The number of hydrogen-bond acceptors (Lipinski definition) is 2. The van der Waals surface area contributed by atoms with Crippen LogP contribution in [0.5, 0.6) is 0 Å². The van der Waals surface area contributed by atoms with E-state index in [1.807, 2.05) is 6.92 Å². The fourth-order valence-corrected chi connectivity index (χ4v) is 3.19. The van der Waals surface area contributed by atoms with E-state index in [9.17, 15) is 4.79 Å². The normalized spacial score (nSPS) is 38.0. The highest BCUT2D eigenvalue weighted by molar-refractivity contribution is 5.85. The fourth-order valence-electron chi connectivity index (χ4n) is 3.19. The molecule has 2 aliphatic rings. The van der Waals surface area contributed by atoms with Gasteiger partial charge in [-0.15, -0.1) is 0 Å². The number of rotatable bonds is 3. The van der Waals surface area contributed by atoms with Gasteiger partial charge in [0, 0.05) is 6.54 Å². The Hall–Kier alpha value is -0.570. The summed E-state index contributed by atoms with van der Waals surface area (Å²) < 4.78 is 0. The maximum atomic E-state index is 12.2. The van der Waals surface area contributed by atoms with Crippen molar-refractivity contribution in [2.24, 2.45) is 11.8 Å². The predicted molar refractivity (Wildman–Crippen MR) is 69.8 cm³/mol.